The van der Waals surface area contributed by atoms with Gasteiger partial charge in [-0.15, -0.1) is 0 Å². The van der Waals surface area contributed by atoms with Gasteiger partial charge in [0.05, 0.1) is 11.6 Å². The van der Waals surface area contributed by atoms with Crippen molar-refractivity contribution in [3.63, 3.8) is 0 Å². The van der Waals surface area contributed by atoms with Gasteiger partial charge in [-0.2, -0.15) is 4.98 Å². The first kappa shape index (κ1) is 22.0. The number of halogens is 2. The first-order chi connectivity index (χ1) is 15.1. The summed E-state index contributed by atoms with van der Waals surface area (Å²) in [6, 6.07) is 14.6. The number of hydrogen-bond donors (Lipinski definition) is 1. The summed E-state index contributed by atoms with van der Waals surface area (Å²) in [5.74, 6) is 1.74. The summed E-state index contributed by atoms with van der Waals surface area (Å²) in [7, 11) is 0. The van der Waals surface area contributed by atoms with Crippen LogP contribution in [0.1, 0.15) is 5.89 Å². The summed E-state index contributed by atoms with van der Waals surface area (Å²) in [4.78, 5) is 8.98. The summed E-state index contributed by atoms with van der Waals surface area (Å²) in [5.41, 5.74) is 0.872. The summed E-state index contributed by atoms with van der Waals surface area (Å²) in [5, 5.41) is 15.6. The molecular formula is C22H24Cl2N4O3. The molecule has 31 heavy (non-hydrogen) atoms. The lowest BCUT2D eigenvalue weighted by Gasteiger charge is -2.34. The summed E-state index contributed by atoms with van der Waals surface area (Å²) in [6.45, 7) is 4.78. The molecule has 1 atom stereocenters. The predicted molar refractivity (Wildman–Crippen MR) is 119 cm³/mol. The van der Waals surface area contributed by atoms with Gasteiger partial charge in [0, 0.05) is 43.3 Å². The first-order valence-electron chi connectivity index (χ1n) is 10.2. The van der Waals surface area contributed by atoms with Crippen LogP contribution in [0.5, 0.6) is 5.75 Å². The van der Waals surface area contributed by atoms with Crippen molar-refractivity contribution in [3.8, 4) is 17.1 Å². The average molecular weight is 463 g/mol. The fourth-order valence-corrected chi connectivity index (χ4v) is 3.77. The molecule has 1 unspecified atom stereocenters. The predicted octanol–water partition coefficient (Wildman–Crippen LogP) is 3.60. The Morgan fingerprint density at radius 3 is 2.45 bits per heavy atom. The highest BCUT2D eigenvalue weighted by Crippen LogP contribution is 2.23. The highest BCUT2D eigenvalue weighted by atomic mass is 35.5. The molecule has 0 saturated carbocycles. The van der Waals surface area contributed by atoms with E-state index in [0.29, 0.717) is 40.6 Å². The Bertz CT molecular complexity index is 975. The lowest BCUT2D eigenvalue weighted by atomic mass is 10.2. The maximum Gasteiger partial charge on any atom is 0.241 e. The van der Waals surface area contributed by atoms with Gasteiger partial charge in [0.1, 0.15) is 18.5 Å². The summed E-state index contributed by atoms with van der Waals surface area (Å²) >= 11 is 12.0. The summed E-state index contributed by atoms with van der Waals surface area (Å²) < 4.78 is 11.0. The van der Waals surface area contributed by atoms with E-state index in [0.717, 1.165) is 31.7 Å². The minimum absolute atomic E-state index is 0.208. The molecule has 0 amide bonds. The van der Waals surface area contributed by atoms with Crippen LogP contribution >= 0.6 is 23.2 Å². The van der Waals surface area contributed by atoms with Gasteiger partial charge < -0.3 is 14.4 Å². The highest BCUT2D eigenvalue weighted by Gasteiger charge is 2.21. The Balaban J connectivity index is 1.20. The van der Waals surface area contributed by atoms with E-state index in [1.807, 2.05) is 24.3 Å². The van der Waals surface area contributed by atoms with Crippen LogP contribution in [0.25, 0.3) is 11.4 Å². The number of nitrogens with zero attached hydrogens (tertiary/aromatic N) is 4. The molecule has 1 fully saturated rings. The first-order valence-corrected chi connectivity index (χ1v) is 10.9. The maximum absolute atomic E-state index is 10.3. The monoisotopic (exact) mass is 462 g/mol. The molecule has 2 heterocycles. The second kappa shape index (κ2) is 10.4. The molecule has 9 heteroatoms. The molecule has 7 nitrogen and oxygen atoms in total. The molecule has 1 aromatic heterocycles. The van der Waals surface area contributed by atoms with Gasteiger partial charge in [-0.05, 0) is 36.4 Å². The molecule has 3 aromatic rings. The van der Waals surface area contributed by atoms with Gasteiger partial charge in [0.15, 0.2) is 0 Å². The standard InChI is InChI=1S/C22H24Cl2N4O3/c23-17-7-5-16(6-8-17)22-25-21(31-26-22)14-28-11-9-27(10-12-28)13-18(29)15-30-20-4-2-1-3-19(20)24/h1-8,18,29H,9-15H2. The van der Waals surface area contributed by atoms with E-state index in [-0.39, 0.29) is 6.61 Å². The van der Waals surface area contributed by atoms with Gasteiger partial charge in [-0.1, -0.05) is 40.5 Å². The molecule has 164 valence electrons. The third-order valence-electron chi connectivity index (χ3n) is 5.13. The van der Waals surface area contributed by atoms with Crippen LogP contribution in [-0.4, -0.2) is 70.5 Å². The molecule has 4 rings (SSSR count). The number of benzene rings is 2. The van der Waals surface area contributed by atoms with Crippen LogP contribution in [-0.2, 0) is 6.54 Å². The lowest BCUT2D eigenvalue weighted by Crippen LogP contribution is -2.48. The minimum Gasteiger partial charge on any atom is -0.489 e. The lowest BCUT2D eigenvalue weighted by molar-refractivity contribution is 0.0426. The molecule has 1 aliphatic heterocycles. The van der Waals surface area contributed by atoms with Crippen molar-refractivity contribution in [1.29, 1.82) is 0 Å². The van der Waals surface area contributed by atoms with Crippen molar-refractivity contribution in [2.24, 2.45) is 0 Å². The quantitative estimate of drug-likeness (QED) is 0.547. The highest BCUT2D eigenvalue weighted by molar-refractivity contribution is 6.32. The molecule has 1 aliphatic rings. The largest absolute Gasteiger partial charge is 0.489 e. The van der Waals surface area contributed by atoms with Crippen molar-refractivity contribution >= 4 is 23.2 Å². The third kappa shape index (κ3) is 6.18. The van der Waals surface area contributed by atoms with E-state index in [9.17, 15) is 5.11 Å². The number of aliphatic hydroxyl groups excluding tert-OH is 1. The fourth-order valence-electron chi connectivity index (χ4n) is 3.46. The SMILES string of the molecule is OC(COc1ccccc1Cl)CN1CCN(Cc2nc(-c3ccc(Cl)cc3)no2)CC1. The van der Waals surface area contributed by atoms with Gasteiger partial charge in [-0.25, -0.2) is 0 Å². The van der Waals surface area contributed by atoms with Crippen molar-refractivity contribution < 1.29 is 14.4 Å². The zero-order valence-electron chi connectivity index (χ0n) is 17.0. The van der Waals surface area contributed by atoms with Crippen LogP contribution in [0.4, 0.5) is 0 Å². The van der Waals surface area contributed by atoms with Gasteiger partial charge in [-0.3, -0.25) is 9.80 Å². The van der Waals surface area contributed by atoms with Gasteiger partial charge in [0.25, 0.3) is 0 Å². The van der Waals surface area contributed by atoms with Gasteiger partial charge >= 0.3 is 0 Å². The van der Waals surface area contributed by atoms with E-state index < -0.39 is 6.10 Å². The van der Waals surface area contributed by atoms with E-state index in [1.165, 1.54) is 0 Å². The fraction of sp³-hybridized carbons (Fsp3) is 0.364. The number of rotatable bonds is 8. The maximum atomic E-state index is 10.3. The smallest absolute Gasteiger partial charge is 0.241 e. The van der Waals surface area contributed by atoms with E-state index in [1.54, 1.807) is 24.3 Å². The number of aromatic nitrogens is 2. The van der Waals surface area contributed by atoms with E-state index >= 15 is 0 Å². The minimum atomic E-state index is -0.583. The Kier molecular flexibility index (Phi) is 7.42. The molecule has 0 spiro atoms. The third-order valence-corrected chi connectivity index (χ3v) is 5.70. The average Bonchev–Trinajstić information content (AvgIpc) is 3.23. The van der Waals surface area contributed by atoms with Gasteiger partial charge in [0.2, 0.25) is 11.7 Å². The Morgan fingerprint density at radius 1 is 1.00 bits per heavy atom. The number of hydrogen-bond acceptors (Lipinski definition) is 7. The normalized spacial score (nSPS) is 16.4. The second-order valence-corrected chi connectivity index (χ2v) is 8.33. The molecule has 0 radical (unpaired) electrons. The van der Waals surface area contributed by atoms with Crippen LogP contribution in [0.15, 0.2) is 53.1 Å². The Labute approximate surface area is 191 Å². The molecule has 2 aromatic carbocycles. The molecule has 0 bridgehead atoms. The molecule has 1 saturated heterocycles. The molecule has 0 aliphatic carbocycles. The second-order valence-electron chi connectivity index (χ2n) is 7.49. The number of aliphatic hydroxyl groups is 1. The number of ether oxygens (including phenoxy) is 1. The zero-order valence-corrected chi connectivity index (χ0v) is 18.5. The van der Waals surface area contributed by atoms with Crippen molar-refractivity contribution in [2.45, 2.75) is 12.6 Å². The van der Waals surface area contributed by atoms with E-state index in [4.69, 9.17) is 32.5 Å². The number of β-amino-alcohol motifs (C(OH)–C–C–N with tert-alkyl or cyclic N) is 1. The van der Waals surface area contributed by atoms with Crippen molar-refractivity contribution in [1.82, 2.24) is 19.9 Å². The van der Waals surface area contributed by atoms with Crippen LogP contribution in [0.2, 0.25) is 10.0 Å². The zero-order chi connectivity index (χ0) is 21.6. The topological polar surface area (TPSA) is 74.9 Å². The van der Waals surface area contributed by atoms with Crippen LogP contribution < -0.4 is 4.74 Å². The number of piperazine rings is 1. The number of para-hydroxylation sites is 1. The van der Waals surface area contributed by atoms with Crippen molar-refractivity contribution in [3.05, 3.63) is 64.5 Å². The Morgan fingerprint density at radius 2 is 1.71 bits per heavy atom. The molecular weight excluding hydrogens is 439 g/mol. The molecule has 1 N–H and O–H groups in total. The van der Waals surface area contributed by atoms with E-state index in [2.05, 4.69) is 19.9 Å². The van der Waals surface area contributed by atoms with Crippen LogP contribution in [0.3, 0.4) is 0 Å². The summed E-state index contributed by atoms with van der Waals surface area (Å²) in [6.07, 6.45) is -0.583. The van der Waals surface area contributed by atoms with Crippen LogP contribution in [0, 0.1) is 0 Å². The Hall–Kier alpha value is -2.16. The van der Waals surface area contributed by atoms with Crippen molar-refractivity contribution in [2.75, 3.05) is 39.3 Å².